The molecule has 4 aliphatic rings. The highest BCUT2D eigenvalue weighted by Crippen LogP contribution is 2.67. The summed E-state index contributed by atoms with van der Waals surface area (Å²) in [5, 5.41) is 18.9. The van der Waals surface area contributed by atoms with Crippen molar-refractivity contribution >= 4 is 0 Å². The fourth-order valence-electron chi connectivity index (χ4n) is 9.03. The van der Waals surface area contributed by atoms with Gasteiger partial charge in [0.15, 0.2) is 6.29 Å². The predicted molar refractivity (Wildman–Crippen MR) is 131 cm³/mol. The molecule has 184 valence electrons. The molecule has 32 heavy (non-hydrogen) atoms. The molecule has 3 heteroatoms. The summed E-state index contributed by atoms with van der Waals surface area (Å²) in [7, 11) is 0. The molecule has 0 heterocycles. The Hall–Kier alpha value is -0.380. The zero-order chi connectivity index (χ0) is 23.1. The number of aliphatic hydroxyl groups is 2. The maximum absolute atomic E-state index is 9.75. The molecule has 3 nitrogen and oxygen atoms in total. The van der Waals surface area contributed by atoms with E-state index in [9.17, 15) is 5.11 Å². The van der Waals surface area contributed by atoms with Crippen LogP contribution in [-0.4, -0.2) is 29.2 Å². The number of rotatable bonds is 8. The molecule has 0 bridgehead atoms. The molecule has 0 radical (unpaired) electrons. The molecule has 9 atom stereocenters. The van der Waals surface area contributed by atoms with Gasteiger partial charge in [-0.1, -0.05) is 65.5 Å². The van der Waals surface area contributed by atoms with Crippen LogP contribution in [0.5, 0.6) is 0 Å². The number of aliphatic hydroxyl groups excluding tert-OH is 2. The molecule has 0 aromatic heterocycles. The van der Waals surface area contributed by atoms with Crippen LogP contribution < -0.4 is 0 Å². The first-order valence-electron chi connectivity index (χ1n) is 13.8. The monoisotopic (exact) mass is 446 g/mol. The van der Waals surface area contributed by atoms with E-state index in [0.29, 0.717) is 10.8 Å². The third-order valence-corrected chi connectivity index (χ3v) is 10.8. The van der Waals surface area contributed by atoms with Crippen molar-refractivity contribution < 1.29 is 14.9 Å². The summed E-state index contributed by atoms with van der Waals surface area (Å²) in [6.07, 6.45) is 15.9. The van der Waals surface area contributed by atoms with Gasteiger partial charge in [-0.15, -0.1) is 0 Å². The summed E-state index contributed by atoms with van der Waals surface area (Å²) in [5.41, 5.74) is 2.45. The Morgan fingerprint density at radius 3 is 2.53 bits per heavy atom. The topological polar surface area (TPSA) is 49.7 Å². The van der Waals surface area contributed by atoms with E-state index in [1.807, 2.05) is 0 Å². The van der Waals surface area contributed by atoms with Crippen LogP contribution >= 0.6 is 0 Å². The van der Waals surface area contributed by atoms with E-state index >= 15 is 0 Å². The van der Waals surface area contributed by atoms with Gasteiger partial charge in [0.05, 0.1) is 12.7 Å². The highest BCUT2D eigenvalue weighted by molar-refractivity contribution is 5.25. The number of hydrogen-bond donors (Lipinski definition) is 2. The molecular formula is C29H50O3. The first-order chi connectivity index (χ1) is 15.2. The molecule has 0 aliphatic heterocycles. The summed E-state index contributed by atoms with van der Waals surface area (Å²) in [6.45, 7) is 12.2. The fourth-order valence-corrected chi connectivity index (χ4v) is 9.03. The summed E-state index contributed by atoms with van der Waals surface area (Å²) in [4.78, 5) is 0. The lowest BCUT2D eigenvalue weighted by molar-refractivity contribution is -0.166. The number of ether oxygens (including phenoxy) is 1. The van der Waals surface area contributed by atoms with Crippen LogP contribution in [0.3, 0.4) is 0 Å². The average molecular weight is 447 g/mol. The van der Waals surface area contributed by atoms with Crippen LogP contribution in [0.25, 0.3) is 0 Å². The van der Waals surface area contributed by atoms with Gasteiger partial charge in [0, 0.05) is 0 Å². The summed E-state index contributed by atoms with van der Waals surface area (Å²) >= 11 is 0. The quantitative estimate of drug-likeness (QED) is 0.321. The fraction of sp³-hybridized carbons (Fsp3) is 0.931. The Kier molecular flexibility index (Phi) is 7.50. The third kappa shape index (κ3) is 4.48. The summed E-state index contributed by atoms with van der Waals surface area (Å²) < 4.78 is 5.71. The van der Waals surface area contributed by atoms with Gasteiger partial charge in [-0.05, 0) is 97.7 Å². The van der Waals surface area contributed by atoms with Gasteiger partial charge in [-0.3, -0.25) is 0 Å². The minimum Gasteiger partial charge on any atom is -0.391 e. The Balaban J connectivity index is 1.45. The minimum atomic E-state index is -1.03. The van der Waals surface area contributed by atoms with E-state index in [-0.39, 0.29) is 12.7 Å². The number of allylic oxidation sites excluding steroid dienone is 1. The maximum Gasteiger partial charge on any atom is 0.178 e. The van der Waals surface area contributed by atoms with Gasteiger partial charge in [-0.25, -0.2) is 0 Å². The zero-order valence-electron chi connectivity index (χ0n) is 21.5. The Morgan fingerprint density at radius 1 is 1.03 bits per heavy atom. The van der Waals surface area contributed by atoms with Crippen molar-refractivity contribution in [1.82, 2.24) is 0 Å². The average Bonchev–Trinajstić information content (AvgIpc) is 3.11. The molecule has 3 fully saturated rings. The molecular weight excluding hydrogens is 396 g/mol. The Bertz CT molecular complexity index is 671. The standard InChI is InChI=1S/C29H50O3/c1-19(2)7-6-8-20(3)24-11-12-25-23-10-9-21-17-22(32-27(31)18-30)13-15-28(21,4)26(23)14-16-29(24,25)5/h9,19-20,22-27,30-31H,6-8,10-18H2,1-5H3/t20-,22+,23?,24-,25?,26?,27?,28+,29-/m1/s1. The molecule has 0 amide bonds. The molecule has 0 spiro atoms. The lowest BCUT2D eigenvalue weighted by atomic mass is 9.47. The second-order valence-corrected chi connectivity index (χ2v) is 12.9. The van der Waals surface area contributed by atoms with Crippen LogP contribution in [-0.2, 0) is 4.74 Å². The van der Waals surface area contributed by atoms with Gasteiger partial charge in [0.1, 0.15) is 0 Å². The van der Waals surface area contributed by atoms with Crippen LogP contribution in [0.15, 0.2) is 11.6 Å². The van der Waals surface area contributed by atoms with Crippen LogP contribution in [0.2, 0.25) is 0 Å². The third-order valence-electron chi connectivity index (χ3n) is 10.8. The van der Waals surface area contributed by atoms with Gasteiger partial charge in [-0.2, -0.15) is 0 Å². The second-order valence-electron chi connectivity index (χ2n) is 12.9. The van der Waals surface area contributed by atoms with Crippen molar-refractivity contribution in [2.24, 2.45) is 46.3 Å². The minimum absolute atomic E-state index is 0.0597. The van der Waals surface area contributed by atoms with Crippen molar-refractivity contribution in [3.63, 3.8) is 0 Å². The Morgan fingerprint density at radius 2 is 1.81 bits per heavy atom. The van der Waals surface area contributed by atoms with Crippen molar-refractivity contribution in [2.45, 2.75) is 118 Å². The highest BCUT2D eigenvalue weighted by atomic mass is 16.6. The van der Waals surface area contributed by atoms with Crippen molar-refractivity contribution in [1.29, 1.82) is 0 Å². The van der Waals surface area contributed by atoms with Crippen LogP contribution in [0.4, 0.5) is 0 Å². The van der Waals surface area contributed by atoms with Gasteiger partial charge in [0.25, 0.3) is 0 Å². The van der Waals surface area contributed by atoms with E-state index in [2.05, 4.69) is 40.7 Å². The lowest BCUT2D eigenvalue weighted by Crippen LogP contribution is -2.51. The molecule has 0 aromatic rings. The normalized spacial score (nSPS) is 43.2. The SMILES string of the molecule is CC(C)CCC[C@@H](C)[C@H]1CCC2C3CC=C4C[C@@H](OC(O)CO)CC[C@]4(C)C3CC[C@@]21C. The van der Waals surface area contributed by atoms with Gasteiger partial charge < -0.3 is 14.9 Å². The van der Waals surface area contributed by atoms with Crippen LogP contribution in [0.1, 0.15) is 105 Å². The van der Waals surface area contributed by atoms with Crippen molar-refractivity contribution in [2.75, 3.05) is 6.61 Å². The van der Waals surface area contributed by atoms with Gasteiger partial charge in [0.2, 0.25) is 0 Å². The molecule has 2 N–H and O–H groups in total. The van der Waals surface area contributed by atoms with Crippen LogP contribution in [0, 0.1) is 46.3 Å². The molecule has 4 aliphatic carbocycles. The van der Waals surface area contributed by atoms with E-state index in [0.717, 1.165) is 48.3 Å². The first-order valence-corrected chi connectivity index (χ1v) is 13.8. The van der Waals surface area contributed by atoms with Crippen molar-refractivity contribution in [3.05, 3.63) is 11.6 Å². The molecule has 4 unspecified atom stereocenters. The predicted octanol–water partition coefficient (Wildman–Crippen LogP) is 6.72. The lowest BCUT2D eigenvalue weighted by Gasteiger charge is -2.58. The number of hydrogen-bond acceptors (Lipinski definition) is 3. The molecule has 0 aromatic carbocycles. The zero-order valence-corrected chi connectivity index (χ0v) is 21.5. The number of fused-ring (bicyclic) bond motifs is 5. The van der Waals surface area contributed by atoms with E-state index in [4.69, 9.17) is 9.84 Å². The molecule has 0 saturated heterocycles. The molecule has 3 saturated carbocycles. The van der Waals surface area contributed by atoms with E-state index < -0.39 is 6.29 Å². The first kappa shape index (κ1) is 24.7. The second kappa shape index (κ2) is 9.70. The smallest absolute Gasteiger partial charge is 0.178 e. The summed E-state index contributed by atoms with van der Waals surface area (Å²) in [6, 6.07) is 0. The van der Waals surface area contributed by atoms with Crippen molar-refractivity contribution in [3.8, 4) is 0 Å². The molecule has 4 rings (SSSR count). The maximum atomic E-state index is 9.75. The Labute approximate surface area is 197 Å². The summed E-state index contributed by atoms with van der Waals surface area (Å²) in [5.74, 6) is 5.20. The van der Waals surface area contributed by atoms with Gasteiger partial charge >= 0.3 is 0 Å². The largest absolute Gasteiger partial charge is 0.391 e. The highest BCUT2D eigenvalue weighted by Gasteiger charge is 2.59. The van der Waals surface area contributed by atoms with E-state index in [1.54, 1.807) is 5.57 Å². The van der Waals surface area contributed by atoms with E-state index in [1.165, 1.54) is 57.8 Å².